The molecule has 18 heteroatoms. The molecule has 4 heterocycles. The number of unbranched alkanes of at least 4 members (excludes halogenated alkanes) is 2. The van der Waals surface area contributed by atoms with Crippen LogP contribution >= 0.6 is 0 Å². The molecule has 4 aliphatic heterocycles. The van der Waals surface area contributed by atoms with Crippen LogP contribution in [0.3, 0.4) is 0 Å². The molecule has 0 radical (unpaired) electrons. The van der Waals surface area contributed by atoms with E-state index in [2.05, 4.69) is 77.0 Å². The number of carbonyl (C=O) groups excluding carboxylic acids is 6. The van der Waals surface area contributed by atoms with Gasteiger partial charge in [0.15, 0.2) is 28.8 Å². The van der Waals surface area contributed by atoms with Crippen molar-refractivity contribution >= 4 is 57.8 Å². The highest BCUT2D eigenvalue weighted by Crippen LogP contribution is 2.50. The second-order valence-corrected chi connectivity index (χ2v) is 22.6. The van der Waals surface area contributed by atoms with Gasteiger partial charge in [0, 0.05) is 97.7 Å². The van der Waals surface area contributed by atoms with Crippen molar-refractivity contribution in [1.29, 1.82) is 0 Å². The molecule has 3 aromatic carbocycles. The summed E-state index contributed by atoms with van der Waals surface area (Å²) in [5, 5.41) is 18.5. The number of Topliss-reactive ketones (excluding diaryl/α,β-unsaturated/α-hetero) is 3. The van der Waals surface area contributed by atoms with Crippen LogP contribution in [0.25, 0.3) is 0 Å². The van der Waals surface area contributed by atoms with Crippen LogP contribution in [0, 0.1) is 10.1 Å². The van der Waals surface area contributed by atoms with E-state index in [-0.39, 0.29) is 96.5 Å². The third-order valence-corrected chi connectivity index (χ3v) is 16.7. The number of likely N-dealkylation sites (tertiary alicyclic amines) is 1. The number of imide groups is 1. The molecule has 0 saturated carbocycles. The molecule has 0 spiro atoms. The molecule has 1 aliphatic carbocycles. The summed E-state index contributed by atoms with van der Waals surface area (Å²) in [5.74, 6) is -0.574. The van der Waals surface area contributed by atoms with E-state index in [9.17, 15) is 38.9 Å². The molecule has 1 saturated heterocycles. The Morgan fingerprint density at radius 3 is 2.26 bits per heavy atom. The molecule has 430 valence electrons. The number of ketones is 3. The van der Waals surface area contributed by atoms with Gasteiger partial charge in [0.1, 0.15) is 18.9 Å². The Morgan fingerprint density at radius 2 is 1.57 bits per heavy atom. The fourth-order valence-electron chi connectivity index (χ4n) is 12.1. The highest BCUT2D eigenvalue weighted by Gasteiger charge is 2.49. The van der Waals surface area contributed by atoms with Crippen molar-refractivity contribution in [3.05, 3.63) is 134 Å². The lowest BCUT2D eigenvalue weighted by molar-refractivity contribution is -0.401. The zero-order valence-corrected chi connectivity index (χ0v) is 48.4. The number of rotatable bonds is 28. The normalized spacial score (nSPS) is 19.6. The van der Waals surface area contributed by atoms with Gasteiger partial charge in [-0.25, -0.2) is 0 Å². The molecule has 81 heavy (non-hydrogen) atoms. The molecule has 3 amide bonds. The van der Waals surface area contributed by atoms with Gasteiger partial charge in [0.25, 0.3) is 17.5 Å². The van der Waals surface area contributed by atoms with E-state index in [1.54, 1.807) is 13.0 Å². The Balaban J connectivity index is 0.818. The number of allylic oxidation sites excluding steroid dienone is 5. The van der Waals surface area contributed by atoms with E-state index < -0.39 is 23.0 Å². The van der Waals surface area contributed by atoms with Crippen LogP contribution in [0.2, 0.25) is 0 Å². The van der Waals surface area contributed by atoms with Crippen LogP contribution in [0.5, 0.6) is 11.5 Å². The Bertz CT molecular complexity index is 3130. The first-order valence-corrected chi connectivity index (χ1v) is 28.4. The molecular weight excluding hydrogens is 1030 g/mol. The monoisotopic (exact) mass is 1110 g/mol. The quantitative estimate of drug-likeness (QED) is 0.0174. The highest BCUT2D eigenvalue weighted by atomic mass is 16.6. The summed E-state index contributed by atoms with van der Waals surface area (Å²) in [6.45, 7) is 14.0. The van der Waals surface area contributed by atoms with Crippen molar-refractivity contribution < 1.29 is 52.5 Å². The Morgan fingerprint density at radius 1 is 0.877 bits per heavy atom. The Hall–Kier alpha value is -7.57. The summed E-state index contributed by atoms with van der Waals surface area (Å²) < 4.78 is 19.2. The number of nitro groups is 1. The van der Waals surface area contributed by atoms with E-state index in [4.69, 9.17) is 14.2 Å². The number of anilines is 1. The van der Waals surface area contributed by atoms with Crippen LogP contribution in [0.4, 0.5) is 17.1 Å². The lowest BCUT2D eigenvalue weighted by atomic mass is 9.76. The average molecular weight is 1110 g/mol. The fraction of sp³-hybridized carbons (Fsp3) is 0.476. The van der Waals surface area contributed by atoms with Crippen LogP contribution in [0.15, 0.2) is 108 Å². The lowest BCUT2D eigenvalue weighted by Gasteiger charge is -2.37. The number of nitrogens with zero attached hydrogens (tertiary/aromatic N) is 5. The molecule has 5 aliphatic rings. The molecular formula is C63H78N7O11+. The highest BCUT2D eigenvalue weighted by molar-refractivity contribution is 6.25. The van der Waals surface area contributed by atoms with E-state index in [1.807, 2.05) is 57.4 Å². The molecule has 3 aromatic rings. The van der Waals surface area contributed by atoms with Crippen molar-refractivity contribution in [2.24, 2.45) is 0 Å². The molecule has 3 atom stereocenters. The summed E-state index contributed by atoms with van der Waals surface area (Å²) in [6, 6.07) is 17.8. The van der Waals surface area contributed by atoms with Crippen LogP contribution in [-0.2, 0) is 44.3 Å². The molecule has 2 N–H and O–H groups in total. The number of nitrogens with one attached hydrogen (secondary N) is 2. The van der Waals surface area contributed by atoms with Gasteiger partial charge in [0.05, 0.1) is 72.8 Å². The van der Waals surface area contributed by atoms with Gasteiger partial charge in [-0.05, 0) is 83.1 Å². The number of hydrogen-bond donors (Lipinski definition) is 2. The number of para-hydroxylation sites is 2. The first-order valence-electron chi connectivity index (χ1n) is 28.4. The van der Waals surface area contributed by atoms with Crippen molar-refractivity contribution in [1.82, 2.24) is 20.4 Å². The van der Waals surface area contributed by atoms with E-state index in [0.717, 1.165) is 39.8 Å². The van der Waals surface area contributed by atoms with Gasteiger partial charge < -0.3 is 34.6 Å². The SMILES string of the molecule is CCC(NC(=O)[C@H]1CCCN1C1=C(C=C2N(C)c3ccccc3C2(C)C)C(=O)C1=CC1=[N+](C)c2ccccc2C1(C)C)C(=O)CCCCCC(=O)CCCOc1cc([N+](=O)[O-])c(C(C)NCCOCCN2C(=O)C=CC2=O)cc1OC. The van der Waals surface area contributed by atoms with Crippen LogP contribution < -0.4 is 25.0 Å². The Kier molecular flexibility index (Phi) is 18.7. The summed E-state index contributed by atoms with van der Waals surface area (Å²) in [4.78, 5) is 96.2. The molecule has 0 aromatic heterocycles. The number of amides is 3. The third kappa shape index (κ3) is 12.5. The molecule has 8 rings (SSSR count). The number of hydrogen-bond acceptors (Lipinski definition) is 14. The predicted molar refractivity (Wildman–Crippen MR) is 309 cm³/mol. The summed E-state index contributed by atoms with van der Waals surface area (Å²) >= 11 is 0. The van der Waals surface area contributed by atoms with Gasteiger partial charge in [0.2, 0.25) is 11.6 Å². The number of likely N-dealkylation sites (N-methyl/N-ethyl adjacent to an activating group) is 1. The van der Waals surface area contributed by atoms with Crippen molar-refractivity contribution in [2.45, 2.75) is 135 Å². The van der Waals surface area contributed by atoms with Crippen LogP contribution in [-0.4, -0.2) is 133 Å². The topological polar surface area (TPSA) is 210 Å². The standard InChI is InChI=1S/C63H77N7O11/c1-10-47(52(72)27-13-11-12-20-41(71)21-19-33-81-54-39-51(70(77)78)42(36-53(54)79-9)40(2)64-30-34-80-35-32-69-57(73)28-29-58(69)74)65-61(76)50-26-18-31-68(50)59-43(37-55-62(3,4)45-22-14-16-24-48(45)66(55)7)60(75)44(59)38-56-63(5,6)46-23-15-17-25-49(46)67(56)8/h14-17,22-25,28-29,36-40,47,50,64H,10-13,18-21,26-27,30-35H2,1-9H3/p+1/t40?,47?,50-/m1/s1. The van der Waals surface area contributed by atoms with E-state index in [1.165, 1.54) is 36.5 Å². The maximum atomic E-state index is 14.7. The average Bonchev–Trinajstić information content (AvgIpc) is 3.86. The minimum atomic E-state index is -0.677. The van der Waals surface area contributed by atoms with Gasteiger partial charge in [-0.15, -0.1) is 0 Å². The summed E-state index contributed by atoms with van der Waals surface area (Å²) in [6.07, 6.45) is 11.3. The summed E-state index contributed by atoms with van der Waals surface area (Å²) in [5.41, 5.74) is 7.93. The Labute approximate surface area is 475 Å². The van der Waals surface area contributed by atoms with E-state index in [0.29, 0.717) is 80.5 Å². The number of fused-ring (bicyclic) bond motifs is 2. The van der Waals surface area contributed by atoms with Crippen molar-refractivity contribution in [2.75, 3.05) is 65.6 Å². The molecule has 2 unspecified atom stereocenters. The number of methoxy groups -OCH3 is 1. The first-order chi connectivity index (χ1) is 38.7. The number of nitro benzene ring substituents is 1. The predicted octanol–water partition coefficient (Wildman–Crippen LogP) is 8.58. The van der Waals surface area contributed by atoms with Crippen molar-refractivity contribution in [3.63, 3.8) is 0 Å². The third-order valence-electron chi connectivity index (χ3n) is 16.7. The van der Waals surface area contributed by atoms with Crippen LogP contribution in [0.1, 0.15) is 128 Å². The minimum Gasteiger partial charge on any atom is -0.493 e. The second-order valence-electron chi connectivity index (χ2n) is 22.6. The van der Waals surface area contributed by atoms with Crippen molar-refractivity contribution in [3.8, 4) is 11.5 Å². The molecule has 1 fully saturated rings. The molecule has 0 bridgehead atoms. The molecule has 18 nitrogen and oxygen atoms in total. The smallest absolute Gasteiger partial charge is 0.278 e. The zero-order valence-electron chi connectivity index (χ0n) is 48.4. The zero-order chi connectivity index (χ0) is 58.3. The lowest BCUT2D eigenvalue weighted by Crippen LogP contribution is -2.50. The second kappa shape index (κ2) is 25.5. The fourth-order valence-corrected chi connectivity index (χ4v) is 12.1. The summed E-state index contributed by atoms with van der Waals surface area (Å²) in [7, 11) is 5.52. The van der Waals surface area contributed by atoms with Gasteiger partial charge in [-0.3, -0.25) is 43.8 Å². The maximum Gasteiger partial charge on any atom is 0.278 e. The van der Waals surface area contributed by atoms with Gasteiger partial charge >= 0.3 is 0 Å². The van der Waals surface area contributed by atoms with E-state index >= 15 is 0 Å². The minimum absolute atomic E-state index is 0.0457. The van der Waals surface area contributed by atoms with Gasteiger partial charge in [-0.1, -0.05) is 63.6 Å². The largest absolute Gasteiger partial charge is 0.493 e. The number of benzene rings is 3. The van der Waals surface area contributed by atoms with Gasteiger partial charge in [-0.2, -0.15) is 4.58 Å². The first kappa shape index (κ1) is 59.5. The number of ether oxygens (including phenoxy) is 3. The number of carbonyl (C=O) groups is 6. The maximum absolute atomic E-state index is 14.7.